The van der Waals surface area contributed by atoms with Gasteiger partial charge < -0.3 is 0 Å². The van der Waals surface area contributed by atoms with Crippen LogP contribution in [0.4, 0.5) is 0 Å². The summed E-state index contributed by atoms with van der Waals surface area (Å²) in [6.45, 7) is 4.42. The first-order chi connectivity index (χ1) is 14.1. The average molecular weight is 394 g/mol. The van der Waals surface area contributed by atoms with Crippen LogP contribution in [0.15, 0.2) is 69.2 Å². The van der Waals surface area contributed by atoms with E-state index in [2.05, 4.69) is 38.1 Å². The van der Waals surface area contributed by atoms with Gasteiger partial charge in [0.1, 0.15) is 17.7 Å². The Labute approximate surface area is 173 Å². The largest absolute Gasteiger partial charge is 0.288 e. The van der Waals surface area contributed by atoms with Crippen LogP contribution in [0.2, 0.25) is 0 Å². The fourth-order valence-electron chi connectivity index (χ4n) is 3.74. The molecule has 0 aliphatic rings. The molecule has 140 valence electrons. The lowest BCUT2D eigenvalue weighted by Crippen LogP contribution is -2.21. The molecule has 0 aliphatic carbocycles. The maximum atomic E-state index is 12.9. The maximum Gasteiger partial charge on any atom is 0.196 e. The molecule has 0 fully saturated rings. The van der Waals surface area contributed by atoms with Crippen LogP contribution in [-0.2, 0) is 0 Å². The Morgan fingerprint density at radius 3 is 2.31 bits per heavy atom. The lowest BCUT2D eigenvalue weighted by atomic mass is 9.99. The zero-order valence-corrected chi connectivity index (χ0v) is 17.0. The van der Waals surface area contributed by atoms with Crippen molar-refractivity contribution >= 4 is 38.9 Å². The monoisotopic (exact) mass is 394 g/mol. The highest BCUT2D eigenvalue weighted by molar-refractivity contribution is 7.99. The second kappa shape index (κ2) is 7.59. The van der Waals surface area contributed by atoms with E-state index in [9.17, 15) is 15.3 Å². The first-order valence-electron chi connectivity index (χ1n) is 9.52. The first-order valence-corrected chi connectivity index (χ1v) is 10.3. The molecular formula is C25H18N2OS. The molecule has 29 heavy (non-hydrogen) atoms. The highest BCUT2D eigenvalue weighted by Gasteiger charge is 2.16. The molecule has 0 aliphatic heterocycles. The predicted molar refractivity (Wildman–Crippen MR) is 118 cm³/mol. The van der Waals surface area contributed by atoms with Gasteiger partial charge in [-0.1, -0.05) is 55.9 Å². The van der Waals surface area contributed by atoms with Crippen LogP contribution in [-0.4, -0.2) is 0 Å². The summed E-state index contributed by atoms with van der Waals surface area (Å²) < 4.78 is 0. The second-order valence-corrected chi connectivity index (χ2v) is 8.24. The van der Waals surface area contributed by atoms with Gasteiger partial charge in [-0.25, -0.2) is 0 Å². The van der Waals surface area contributed by atoms with Crippen LogP contribution in [0.25, 0.3) is 27.1 Å². The quantitative estimate of drug-likeness (QED) is 0.467. The molecule has 0 aromatic heterocycles. The third kappa shape index (κ3) is 3.12. The fourth-order valence-corrected chi connectivity index (χ4v) is 4.68. The van der Waals surface area contributed by atoms with Crippen LogP contribution in [0, 0.1) is 22.7 Å². The molecule has 3 nitrogen and oxygen atoms in total. The summed E-state index contributed by atoms with van der Waals surface area (Å²) in [7, 11) is 0. The Morgan fingerprint density at radius 2 is 1.66 bits per heavy atom. The summed E-state index contributed by atoms with van der Waals surface area (Å²) in [4.78, 5) is 15.0. The first kappa shape index (κ1) is 19.0. The minimum atomic E-state index is -0.247. The van der Waals surface area contributed by atoms with E-state index in [0.29, 0.717) is 16.7 Å². The topological polar surface area (TPSA) is 64.7 Å². The van der Waals surface area contributed by atoms with Crippen LogP contribution < -0.4 is 10.6 Å². The Bertz CT molecular complexity index is 1390. The van der Waals surface area contributed by atoms with Gasteiger partial charge in [0, 0.05) is 20.6 Å². The molecule has 0 radical (unpaired) electrons. The molecule has 4 aromatic rings. The van der Waals surface area contributed by atoms with Crippen molar-refractivity contribution in [2.45, 2.75) is 36.0 Å². The number of nitrogens with zero attached hydrogens (tertiary/aromatic N) is 2. The van der Waals surface area contributed by atoms with E-state index >= 15 is 0 Å². The van der Waals surface area contributed by atoms with Gasteiger partial charge in [-0.15, -0.1) is 0 Å². The molecule has 0 heterocycles. The van der Waals surface area contributed by atoms with Crippen LogP contribution in [0.5, 0.6) is 0 Å². The summed E-state index contributed by atoms with van der Waals surface area (Å²) in [5.74, 6) is 0.538. The average Bonchev–Trinajstić information content (AvgIpc) is 3.04. The number of hydrogen-bond acceptors (Lipinski definition) is 4. The summed E-state index contributed by atoms with van der Waals surface area (Å²) in [5, 5.41) is 21.8. The van der Waals surface area contributed by atoms with Gasteiger partial charge in [0.2, 0.25) is 0 Å². The molecule has 4 heteroatoms. The highest BCUT2D eigenvalue weighted by Crippen LogP contribution is 2.37. The van der Waals surface area contributed by atoms with Gasteiger partial charge in [0.25, 0.3) is 0 Å². The van der Waals surface area contributed by atoms with E-state index in [0.717, 1.165) is 27.0 Å². The van der Waals surface area contributed by atoms with E-state index in [4.69, 9.17) is 0 Å². The van der Waals surface area contributed by atoms with Gasteiger partial charge in [0.05, 0.1) is 5.22 Å². The van der Waals surface area contributed by atoms with E-state index in [-0.39, 0.29) is 16.2 Å². The van der Waals surface area contributed by atoms with Crippen molar-refractivity contribution < 1.29 is 0 Å². The van der Waals surface area contributed by atoms with E-state index < -0.39 is 0 Å². The molecule has 0 bridgehead atoms. The second-order valence-electron chi connectivity index (χ2n) is 7.12. The van der Waals surface area contributed by atoms with Gasteiger partial charge in [-0.3, -0.25) is 4.79 Å². The van der Waals surface area contributed by atoms with Crippen molar-refractivity contribution in [2.24, 2.45) is 0 Å². The Balaban J connectivity index is 1.88. The molecule has 0 amide bonds. The van der Waals surface area contributed by atoms with Gasteiger partial charge in [0.15, 0.2) is 5.43 Å². The Morgan fingerprint density at radius 1 is 0.966 bits per heavy atom. The minimum Gasteiger partial charge on any atom is -0.288 e. The van der Waals surface area contributed by atoms with Crippen molar-refractivity contribution in [2.75, 3.05) is 0 Å². The van der Waals surface area contributed by atoms with Crippen LogP contribution in [0.3, 0.4) is 0 Å². The normalized spacial score (nSPS) is 12.0. The van der Waals surface area contributed by atoms with Crippen molar-refractivity contribution in [3.05, 3.63) is 75.6 Å². The molecule has 0 spiro atoms. The molecule has 0 saturated carbocycles. The maximum absolute atomic E-state index is 12.9. The molecule has 4 aromatic carbocycles. The smallest absolute Gasteiger partial charge is 0.196 e. The van der Waals surface area contributed by atoms with Crippen molar-refractivity contribution in [3.63, 3.8) is 0 Å². The van der Waals surface area contributed by atoms with E-state index in [1.807, 2.05) is 42.5 Å². The van der Waals surface area contributed by atoms with E-state index in [1.165, 1.54) is 5.56 Å². The molecule has 0 saturated heterocycles. The van der Waals surface area contributed by atoms with Crippen molar-refractivity contribution in [1.29, 1.82) is 10.5 Å². The van der Waals surface area contributed by atoms with Gasteiger partial charge in [-0.05, 0) is 52.9 Å². The molecule has 4 rings (SSSR count). The molecule has 1 unspecified atom stereocenters. The number of benzene rings is 3. The summed E-state index contributed by atoms with van der Waals surface area (Å²) in [5.41, 5.74) is 0.954. The van der Waals surface area contributed by atoms with Crippen molar-refractivity contribution in [1.82, 2.24) is 0 Å². The third-order valence-corrected chi connectivity index (χ3v) is 6.59. The highest BCUT2D eigenvalue weighted by atomic mass is 32.2. The fraction of sp³-hybridized carbons (Fsp3) is 0.160. The van der Waals surface area contributed by atoms with Crippen molar-refractivity contribution in [3.8, 4) is 12.1 Å². The summed E-state index contributed by atoms with van der Waals surface area (Å²) >= 11 is 1.66. The molecule has 1 atom stereocenters. The van der Waals surface area contributed by atoms with E-state index in [1.54, 1.807) is 11.8 Å². The zero-order chi connectivity index (χ0) is 20.5. The number of hydrogen-bond donors (Lipinski definition) is 0. The van der Waals surface area contributed by atoms with Crippen LogP contribution in [0.1, 0.15) is 31.7 Å². The molecule has 0 N–H and O–H groups in total. The summed E-state index contributed by atoms with van der Waals surface area (Å²) in [6, 6.07) is 21.8. The molecular weight excluding hydrogens is 376 g/mol. The van der Waals surface area contributed by atoms with Crippen LogP contribution >= 0.6 is 11.8 Å². The number of rotatable bonds is 4. The van der Waals surface area contributed by atoms with Gasteiger partial charge >= 0.3 is 0 Å². The third-order valence-electron chi connectivity index (χ3n) is 5.50. The zero-order valence-electron chi connectivity index (χ0n) is 16.2. The Hall–Kier alpha value is -3.34. The lowest BCUT2D eigenvalue weighted by molar-refractivity contribution is 0.733. The minimum absolute atomic E-state index is 0.131. The van der Waals surface area contributed by atoms with Gasteiger partial charge in [-0.2, -0.15) is 10.5 Å². The standard InChI is InChI=1S/C25H18N2OS/c1-3-15(2)16-7-9-18(10-8-16)29-22-12-11-21-24-19(22)5-4-6-20(24)23(25(21)28)17(13-26)14-27/h4-12,15H,3H2,1-2H3. The summed E-state index contributed by atoms with van der Waals surface area (Å²) in [6.07, 6.45) is 1.11. The lowest BCUT2D eigenvalue weighted by Gasteiger charge is -2.10. The predicted octanol–water partition coefficient (Wildman–Crippen LogP) is 5.37. The SMILES string of the molecule is CCC(C)c1ccc(Sc2ccc3c(=O)c(=C(C#N)C#N)c4cccc2c34)cc1. The Kier molecular flexibility index (Phi) is 4.97. The number of nitriles is 2.